The first kappa shape index (κ1) is 12.2. The summed E-state index contributed by atoms with van der Waals surface area (Å²) in [5, 5.41) is 13.3. The fourth-order valence-corrected chi connectivity index (χ4v) is 1.96. The van der Waals surface area contributed by atoms with E-state index in [-0.39, 0.29) is 6.61 Å². The van der Waals surface area contributed by atoms with E-state index in [9.17, 15) is 0 Å². The maximum Gasteiger partial charge on any atom is 0.0644 e. The van der Waals surface area contributed by atoms with E-state index in [4.69, 9.17) is 5.11 Å². The first-order chi connectivity index (χ1) is 7.20. The molecule has 0 spiro atoms. The summed E-state index contributed by atoms with van der Waals surface area (Å²) in [5.41, 5.74) is 3.71. The quantitative estimate of drug-likeness (QED) is 0.731. The van der Waals surface area contributed by atoms with Crippen LogP contribution in [0.5, 0.6) is 0 Å². The van der Waals surface area contributed by atoms with Crippen molar-refractivity contribution in [3.63, 3.8) is 0 Å². The molecule has 0 saturated heterocycles. The van der Waals surface area contributed by atoms with E-state index in [1.165, 1.54) is 30.5 Å². The van der Waals surface area contributed by atoms with Crippen LogP contribution in [0.1, 0.15) is 43.1 Å². The summed E-state index contributed by atoms with van der Waals surface area (Å²) in [4.78, 5) is 0. The van der Waals surface area contributed by atoms with Crippen LogP contribution >= 0.6 is 0 Å². The average molecular weight is 210 g/mol. The van der Waals surface area contributed by atoms with Gasteiger partial charge in [0.25, 0.3) is 0 Å². The highest BCUT2D eigenvalue weighted by molar-refractivity contribution is 5.24. The van der Waals surface area contributed by atoms with Crippen LogP contribution in [0, 0.1) is 13.8 Å². The van der Waals surface area contributed by atoms with E-state index in [0.29, 0.717) is 6.54 Å². The van der Waals surface area contributed by atoms with Crippen molar-refractivity contribution in [3.8, 4) is 0 Å². The van der Waals surface area contributed by atoms with Crippen LogP contribution in [-0.2, 0) is 13.0 Å². The molecule has 1 aromatic rings. The van der Waals surface area contributed by atoms with Gasteiger partial charge in [0.2, 0.25) is 0 Å². The van der Waals surface area contributed by atoms with Crippen LogP contribution in [0.2, 0.25) is 0 Å². The van der Waals surface area contributed by atoms with Crippen molar-refractivity contribution in [2.45, 2.75) is 53.0 Å². The zero-order valence-corrected chi connectivity index (χ0v) is 10.1. The molecule has 0 fully saturated rings. The third-order valence-electron chi connectivity index (χ3n) is 2.87. The number of aliphatic hydroxyl groups excluding tert-OH is 1. The molecule has 0 bridgehead atoms. The number of nitrogens with zero attached hydrogens (tertiary/aromatic N) is 2. The summed E-state index contributed by atoms with van der Waals surface area (Å²) in [5.74, 6) is 0. The summed E-state index contributed by atoms with van der Waals surface area (Å²) >= 11 is 0. The Morgan fingerprint density at radius 2 is 2.00 bits per heavy atom. The second-order valence-electron chi connectivity index (χ2n) is 4.05. The predicted molar refractivity (Wildman–Crippen MR) is 62.0 cm³/mol. The molecule has 0 radical (unpaired) electrons. The molecular weight excluding hydrogens is 188 g/mol. The molecule has 0 atom stereocenters. The Kier molecular flexibility index (Phi) is 4.82. The highest BCUT2D eigenvalue weighted by Crippen LogP contribution is 2.16. The molecule has 0 aliphatic carbocycles. The van der Waals surface area contributed by atoms with Crippen LogP contribution < -0.4 is 0 Å². The molecule has 3 heteroatoms. The number of aryl methyl sites for hydroxylation is 1. The van der Waals surface area contributed by atoms with Gasteiger partial charge in [0.05, 0.1) is 18.8 Å². The second-order valence-corrected chi connectivity index (χ2v) is 4.05. The molecule has 86 valence electrons. The Hall–Kier alpha value is -0.830. The third-order valence-corrected chi connectivity index (χ3v) is 2.87. The first-order valence-corrected chi connectivity index (χ1v) is 5.84. The zero-order valence-electron chi connectivity index (χ0n) is 10.1. The summed E-state index contributed by atoms with van der Waals surface area (Å²) < 4.78 is 1.91. The minimum atomic E-state index is 0.163. The number of aromatic nitrogens is 2. The molecular formula is C12H22N2O. The molecule has 15 heavy (non-hydrogen) atoms. The van der Waals surface area contributed by atoms with E-state index in [0.717, 1.165) is 12.1 Å². The van der Waals surface area contributed by atoms with Gasteiger partial charge >= 0.3 is 0 Å². The number of unbranched alkanes of at least 4 members (excludes halogenated alkanes) is 2. The molecule has 3 nitrogen and oxygen atoms in total. The topological polar surface area (TPSA) is 38.0 Å². The van der Waals surface area contributed by atoms with Crippen molar-refractivity contribution < 1.29 is 5.11 Å². The van der Waals surface area contributed by atoms with Gasteiger partial charge in [-0.2, -0.15) is 5.10 Å². The highest BCUT2D eigenvalue weighted by Gasteiger charge is 2.10. The highest BCUT2D eigenvalue weighted by atomic mass is 16.3. The minimum absolute atomic E-state index is 0.163. The number of hydrogen-bond acceptors (Lipinski definition) is 2. The zero-order chi connectivity index (χ0) is 11.3. The van der Waals surface area contributed by atoms with Gasteiger partial charge in [-0.3, -0.25) is 4.68 Å². The van der Waals surface area contributed by atoms with Crippen LogP contribution in [0.3, 0.4) is 0 Å². The van der Waals surface area contributed by atoms with Crippen molar-refractivity contribution in [2.24, 2.45) is 0 Å². The Bertz CT molecular complexity index is 305. The summed E-state index contributed by atoms with van der Waals surface area (Å²) in [6.45, 7) is 7.14. The minimum Gasteiger partial charge on any atom is -0.394 e. The SMILES string of the molecule is CCCCCc1c(C)nn(CCO)c1C. The maximum atomic E-state index is 8.90. The molecule has 1 rings (SSSR count). The third kappa shape index (κ3) is 3.06. The largest absolute Gasteiger partial charge is 0.394 e. The molecule has 0 amide bonds. The summed E-state index contributed by atoms with van der Waals surface area (Å²) in [6, 6.07) is 0. The molecule has 0 saturated carbocycles. The second kappa shape index (κ2) is 5.91. The first-order valence-electron chi connectivity index (χ1n) is 5.84. The number of aliphatic hydroxyl groups is 1. The lowest BCUT2D eigenvalue weighted by molar-refractivity contribution is 0.268. The molecule has 0 unspecified atom stereocenters. The monoisotopic (exact) mass is 210 g/mol. The standard InChI is InChI=1S/C12H22N2O/c1-4-5-6-7-12-10(2)13-14(8-9-15)11(12)3/h15H,4-9H2,1-3H3. The van der Waals surface area contributed by atoms with E-state index in [1.54, 1.807) is 0 Å². The number of rotatable bonds is 6. The Morgan fingerprint density at radius 1 is 1.27 bits per heavy atom. The lowest BCUT2D eigenvalue weighted by atomic mass is 10.1. The summed E-state index contributed by atoms with van der Waals surface area (Å²) in [7, 11) is 0. The van der Waals surface area contributed by atoms with Crippen molar-refractivity contribution in [1.82, 2.24) is 9.78 Å². The maximum absolute atomic E-state index is 8.90. The number of hydrogen-bond donors (Lipinski definition) is 1. The Balaban J connectivity index is 2.69. The van der Waals surface area contributed by atoms with Crippen LogP contribution in [0.4, 0.5) is 0 Å². The van der Waals surface area contributed by atoms with E-state index >= 15 is 0 Å². The van der Waals surface area contributed by atoms with Gasteiger partial charge in [0.15, 0.2) is 0 Å². The molecule has 1 heterocycles. The van der Waals surface area contributed by atoms with Gasteiger partial charge in [-0.25, -0.2) is 0 Å². The fraction of sp³-hybridized carbons (Fsp3) is 0.750. The van der Waals surface area contributed by atoms with Crippen molar-refractivity contribution in [1.29, 1.82) is 0 Å². The van der Waals surface area contributed by atoms with Crippen molar-refractivity contribution in [3.05, 3.63) is 17.0 Å². The van der Waals surface area contributed by atoms with Gasteiger partial charge in [-0.1, -0.05) is 19.8 Å². The molecule has 0 aliphatic heterocycles. The lowest BCUT2D eigenvalue weighted by Crippen LogP contribution is -2.06. The van der Waals surface area contributed by atoms with Gasteiger partial charge in [-0.05, 0) is 32.3 Å². The van der Waals surface area contributed by atoms with Crippen LogP contribution in [-0.4, -0.2) is 21.5 Å². The molecule has 0 aliphatic rings. The van der Waals surface area contributed by atoms with Crippen LogP contribution in [0.25, 0.3) is 0 Å². The Morgan fingerprint density at radius 3 is 2.60 bits per heavy atom. The van der Waals surface area contributed by atoms with Crippen molar-refractivity contribution >= 4 is 0 Å². The lowest BCUT2D eigenvalue weighted by Gasteiger charge is -2.03. The summed E-state index contributed by atoms with van der Waals surface area (Å²) in [6.07, 6.45) is 4.90. The smallest absolute Gasteiger partial charge is 0.0644 e. The predicted octanol–water partition coefficient (Wildman–Crippen LogP) is 2.22. The average Bonchev–Trinajstić information content (AvgIpc) is 2.46. The Labute approximate surface area is 92.1 Å². The van der Waals surface area contributed by atoms with Gasteiger partial charge in [-0.15, -0.1) is 0 Å². The van der Waals surface area contributed by atoms with Crippen LogP contribution in [0.15, 0.2) is 0 Å². The van der Waals surface area contributed by atoms with Gasteiger partial charge < -0.3 is 5.11 Å². The molecule has 1 N–H and O–H groups in total. The van der Waals surface area contributed by atoms with E-state index in [1.807, 2.05) is 4.68 Å². The fourth-order valence-electron chi connectivity index (χ4n) is 1.96. The van der Waals surface area contributed by atoms with E-state index < -0.39 is 0 Å². The normalized spacial score (nSPS) is 10.9. The van der Waals surface area contributed by atoms with Gasteiger partial charge in [0.1, 0.15) is 0 Å². The molecule has 1 aromatic heterocycles. The van der Waals surface area contributed by atoms with Gasteiger partial charge in [0, 0.05) is 5.69 Å². The van der Waals surface area contributed by atoms with E-state index in [2.05, 4.69) is 25.9 Å². The van der Waals surface area contributed by atoms with Crippen molar-refractivity contribution in [2.75, 3.05) is 6.61 Å². The molecule has 0 aromatic carbocycles.